The number of H-pyrrole nitrogens is 4. The summed E-state index contributed by atoms with van der Waals surface area (Å²) >= 11 is 0. The summed E-state index contributed by atoms with van der Waals surface area (Å²) in [5.41, 5.74) is 11.1. The van der Waals surface area contributed by atoms with Crippen LogP contribution < -0.4 is 21.4 Å². The van der Waals surface area contributed by atoms with E-state index in [1.54, 1.807) is 6.08 Å². The molecule has 0 atom stereocenters. The van der Waals surface area contributed by atoms with E-state index in [1.165, 1.54) is 0 Å². The average Bonchev–Trinajstić information content (AvgIpc) is 3.64. The zero-order chi connectivity index (χ0) is 30.3. The summed E-state index contributed by atoms with van der Waals surface area (Å²) in [4.78, 5) is 37.4. The van der Waals surface area contributed by atoms with Crippen LogP contribution in [-0.4, -0.2) is 42.1 Å². The number of aromatic amines is 4. The molecule has 4 aromatic rings. The molecule has 1 aliphatic rings. The van der Waals surface area contributed by atoms with Gasteiger partial charge in [0, 0.05) is 57.1 Å². The van der Waals surface area contributed by atoms with E-state index in [2.05, 4.69) is 58.2 Å². The van der Waals surface area contributed by atoms with E-state index in [0.717, 1.165) is 88.7 Å². The lowest BCUT2D eigenvalue weighted by molar-refractivity contribution is -0.138. The molecule has 8 nitrogen and oxygen atoms in total. The Bertz CT molecular complexity index is 2020. The molecule has 0 amide bonds. The number of carboxylic acids is 2. The third-order valence-electron chi connectivity index (χ3n) is 8.22. The number of rotatable bonds is 8. The summed E-state index contributed by atoms with van der Waals surface area (Å²) in [7, 11) is 0. The number of aryl methyl sites for hydroxylation is 2. The van der Waals surface area contributed by atoms with E-state index in [4.69, 9.17) is 0 Å². The molecule has 6 N–H and O–H groups in total. The molecular formula is C34H36N4O4. The van der Waals surface area contributed by atoms with Gasteiger partial charge in [-0.1, -0.05) is 25.3 Å². The number of allylic oxidation sites excluding steroid dienone is 2. The van der Waals surface area contributed by atoms with Gasteiger partial charge in [0.25, 0.3) is 0 Å². The molecule has 0 unspecified atom stereocenters. The molecule has 0 saturated carbocycles. The summed E-state index contributed by atoms with van der Waals surface area (Å²) in [6, 6.07) is 4.19. The van der Waals surface area contributed by atoms with Crippen LogP contribution in [0.15, 0.2) is 37.4 Å². The van der Waals surface area contributed by atoms with E-state index in [9.17, 15) is 19.8 Å². The number of aromatic nitrogens is 4. The molecule has 0 aliphatic carbocycles. The number of fused-ring (bicyclic) bond motifs is 8. The van der Waals surface area contributed by atoms with E-state index in [-0.39, 0.29) is 12.8 Å². The van der Waals surface area contributed by atoms with E-state index >= 15 is 0 Å². The quantitative estimate of drug-likeness (QED) is 0.196. The van der Waals surface area contributed by atoms with Crippen LogP contribution in [0.5, 0.6) is 0 Å². The monoisotopic (exact) mass is 564 g/mol. The van der Waals surface area contributed by atoms with Gasteiger partial charge in [-0.3, -0.25) is 9.59 Å². The van der Waals surface area contributed by atoms with Crippen LogP contribution in [0, 0.1) is 27.7 Å². The van der Waals surface area contributed by atoms with Gasteiger partial charge in [-0.25, -0.2) is 0 Å². The number of hydrogen-bond acceptors (Lipinski definition) is 2. The second-order valence-corrected chi connectivity index (χ2v) is 10.9. The normalized spacial score (nSPS) is 12.6. The van der Waals surface area contributed by atoms with Crippen LogP contribution in [-0.2, 0) is 22.4 Å². The predicted octanol–water partition coefficient (Wildman–Crippen LogP) is 3.01. The molecule has 5 rings (SSSR count). The van der Waals surface area contributed by atoms with Crippen molar-refractivity contribution in [3.63, 3.8) is 0 Å². The average molecular weight is 565 g/mol. The van der Waals surface area contributed by atoms with Gasteiger partial charge < -0.3 is 30.1 Å². The SMILES string of the molecule is C=CC1=c2cc(C)c([nH]2)=Cc2[nH]c(c(CCC(=O)O)c2C)C=c2[nH]c(c(C)c2CCC(=O)O)=C(C=C)c2cc(C)c1[nH]2. The molecule has 5 heterocycles. The number of nitrogens with one attached hydrogen (secondary N) is 4. The smallest absolute Gasteiger partial charge is 0.303 e. The summed E-state index contributed by atoms with van der Waals surface area (Å²) in [6.45, 7) is 16.3. The zero-order valence-electron chi connectivity index (χ0n) is 24.4. The van der Waals surface area contributed by atoms with Crippen molar-refractivity contribution in [1.82, 2.24) is 19.9 Å². The van der Waals surface area contributed by atoms with Crippen LogP contribution in [0.1, 0.15) is 69.0 Å². The number of aliphatic carboxylic acids is 2. The van der Waals surface area contributed by atoms with Gasteiger partial charge in [0.1, 0.15) is 0 Å². The highest BCUT2D eigenvalue weighted by atomic mass is 16.4. The fraction of sp³-hybridized carbons (Fsp3) is 0.235. The lowest BCUT2D eigenvalue weighted by atomic mass is 10.0. The van der Waals surface area contributed by atoms with Gasteiger partial charge in [0.2, 0.25) is 0 Å². The number of carbonyl (C=O) groups is 2. The van der Waals surface area contributed by atoms with Crippen molar-refractivity contribution < 1.29 is 19.8 Å². The first-order chi connectivity index (χ1) is 20.0. The Kier molecular flexibility index (Phi) is 7.56. The van der Waals surface area contributed by atoms with Crippen molar-refractivity contribution in [2.45, 2.75) is 53.4 Å². The lowest BCUT2D eigenvalue weighted by Gasteiger charge is -2.03. The van der Waals surface area contributed by atoms with Gasteiger partial charge in [0.05, 0.1) is 11.0 Å². The molecule has 42 heavy (non-hydrogen) atoms. The molecular weight excluding hydrogens is 528 g/mol. The Morgan fingerprint density at radius 3 is 2.02 bits per heavy atom. The van der Waals surface area contributed by atoms with Crippen molar-refractivity contribution in [2.75, 3.05) is 0 Å². The Hall–Kier alpha value is -4.98. The molecule has 0 radical (unpaired) electrons. The van der Waals surface area contributed by atoms with E-state index in [0.29, 0.717) is 12.8 Å². The molecule has 0 saturated heterocycles. The van der Waals surface area contributed by atoms with Crippen LogP contribution in [0.3, 0.4) is 0 Å². The van der Waals surface area contributed by atoms with Crippen molar-refractivity contribution in [3.05, 3.63) is 115 Å². The summed E-state index contributed by atoms with van der Waals surface area (Å²) < 4.78 is 0. The first-order valence-corrected chi connectivity index (χ1v) is 14.0. The predicted molar refractivity (Wildman–Crippen MR) is 165 cm³/mol. The number of carboxylic acid groups (broad SMARTS) is 2. The van der Waals surface area contributed by atoms with Gasteiger partial charge in [-0.2, -0.15) is 0 Å². The van der Waals surface area contributed by atoms with Crippen molar-refractivity contribution in [1.29, 1.82) is 0 Å². The topological polar surface area (TPSA) is 138 Å². The third kappa shape index (κ3) is 5.11. The molecule has 0 aromatic carbocycles. The van der Waals surface area contributed by atoms with Crippen LogP contribution >= 0.6 is 0 Å². The minimum atomic E-state index is -0.873. The maximum absolute atomic E-state index is 11.6. The summed E-state index contributed by atoms with van der Waals surface area (Å²) in [5, 5.41) is 22.4. The Labute approximate surface area is 243 Å². The molecule has 0 spiro atoms. The minimum Gasteiger partial charge on any atom is -0.481 e. The van der Waals surface area contributed by atoms with Crippen LogP contribution in [0.25, 0.3) is 23.3 Å². The maximum Gasteiger partial charge on any atom is 0.303 e. The zero-order valence-corrected chi connectivity index (χ0v) is 24.4. The third-order valence-corrected chi connectivity index (χ3v) is 8.22. The van der Waals surface area contributed by atoms with E-state index in [1.807, 2.05) is 32.9 Å². The Balaban J connectivity index is 1.95. The molecule has 8 bridgehead atoms. The van der Waals surface area contributed by atoms with E-state index < -0.39 is 11.9 Å². The fourth-order valence-corrected chi connectivity index (χ4v) is 5.94. The fourth-order valence-electron chi connectivity index (χ4n) is 5.94. The Morgan fingerprint density at radius 2 is 1.38 bits per heavy atom. The minimum absolute atomic E-state index is 0.00808. The van der Waals surface area contributed by atoms with Gasteiger partial charge in [-0.15, -0.1) is 0 Å². The maximum atomic E-state index is 11.6. The van der Waals surface area contributed by atoms with Crippen molar-refractivity contribution >= 4 is 35.2 Å². The number of hydrogen-bond donors (Lipinski definition) is 6. The first-order valence-electron chi connectivity index (χ1n) is 14.0. The second kappa shape index (κ2) is 11.1. The highest BCUT2D eigenvalue weighted by molar-refractivity contribution is 5.78. The van der Waals surface area contributed by atoms with Crippen LogP contribution in [0.2, 0.25) is 0 Å². The standard InChI is InChI=1S/C34H36N4O4/c1-7-21-27-13-17(3)25(35-27)15-26-19(5)23(9-11-31(39)40)29(36-26)16-30-24(10-12-32(41)42)20(6)34(38-30)22(8-2)28-14-18(4)33(21)37-28/h7-8,13-16,35-38H,1-2,9-12H2,3-6H3,(H,39,40)(H,41,42). The van der Waals surface area contributed by atoms with Crippen LogP contribution in [0.4, 0.5) is 0 Å². The molecule has 8 heteroatoms. The lowest BCUT2D eigenvalue weighted by Crippen LogP contribution is -2.16. The summed E-state index contributed by atoms with van der Waals surface area (Å²) in [6.07, 6.45) is 8.33. The highest BCUT2D eigenvalue weighted by Crippen LogP contribution is 2.24. The largest absolute Gasteiger partial charge is 0.481 e. The molecule has 1 aliphatic heterocycles. The second-order valence-electron chi connectivity index (χ2n) is 10.9. The first kappa shape index (κ1) is 28.5. The van der Waals surface area contributed by atoms with Gasteiger partial charge in [0.15, 0.2) is 0 Å². The molecule has 0 fully saturated rings. The van der Waals surface area contributed by atoms with Gasteiger partial charge >= 0.3 is 11.9 Å². The molecule has 216 valence electrons. The molecule has 4 aromatic heterocycles. The Morgan fingerprint density at radius 1 is 0.738 bits per heavy atom. The van der Waals surface area contributed by atoms with Crippen molar-refractivity contribution in [2.24, 2.45) is 0 Å². The van der Waals surface area contributed by atoms with Crippen molar-refractivity contribution in [3.8, 4) is 0 Å². The summed E-state index contributed by atoms with van der Waals surface area (Å²) in [5.74, 6) is -1.74. The highest BCUT2D eigenvalue weighted by Gasteiger charge is 2.18. The van der Waals surface area contributed by atoms with Gasteiger partial charge in [-0.05, 0) is 98.2 Å².